The molecule has 0 saturated heterocycles. The van der Waals surface area contributed by atoms with Gasteiger partial charge in [0.1, 0.15) is 5.82 Å². The lowest BCUT2D eigenvalue weighted by molar-refractivity contribution is -0.384. The summed E-state index contributed by atoms with van der Waals surface area (Å²) in [5, 5.41) is 13.9. The minimum atomic E-state index is -0.521. The molecule has 0 unspecified atom stereocenters. The molecule has 1 aliphatic carbocycles. The lowest BCUT2D eigenvalue weighted by Crippen LogP contribution is -2.22. The van der Waals surface area contributed by atoms with Gasteiger partial charge in [-0.25, -0.2) is 4.98 Å². The van der Waals surface area contributed by atoms with E-state index in [1.165, 1.54) is 25.3 Å². The molecule has 1 saturated carbocycles. The number of hydrogen-bond acceptors (Lipinski definition) is 5. The van der Waals surface area contributed by atoms with E-state index in [1.807, 2.05) is 0 Å². The van der Waals surface area contributed by atoms with Crippen LogP contribution in [0.25, 0.3) is 0 Å². The summed E-state index contributed by atoms with van der Waals surface area (Å²) in [6, 6.07) is 3.42. The number of nitrogens with two attached hydrogens (primary N) is 1. The molecule has 1 aromatic rings. The Hall–Kier alpha value is -1.85. The van der Waals surface area contributed by atoms with E-state index in [2.05, 4.69) is 10.3 Å². The number of nitrogen functional groups attached to an aromatic ring is 1. The fourth-order valence-corrected chi connectivity index (χ4v) is 2.16. The van der Waals surface area contributed by atoms with Gasteiger partial charge in [-0.15, -0.1) is 0 Å². The second-order valence-corrected chi connectivity index (χ2v) is 4.34. The zero-order chi connectivity index (χ0) is 12.3. The predicted molar refractivity (Wildman–Crippen MR) is 65.8 cm³/mol. The van der Waals surface area contributed by atoms with Crippen LogP contribution in [0.15, 0.2) is 12.1 Å². The maximum absolute atomic E-state index is 10.6. The molecule has 3 N–H and O–H groups in total. The Morgan fingerprint density at radius 3 is 2.65 bits per heavy atom. The highest BCUT2D eigenvalue weighted by Gasteiger charge is 2.16. The zero-order valence-corrected chi connectivity index (χ0v) is 9.56. The Morgan fingerprint density at radius 1 is 1.35 bits per heavy atom. The Labute approximate surface area is 99.4 Å². The van der Waals surface area contributed by atoms with Crippen LogP contribution in [0, 0.1) is 10.1 Å². The van der Waals surface area contributed by atoms with E-state index >= 15 is 0 Å². The lowest BCUT2D eigenvalue weighted by Gasteiger charge is -2.23. The standard InChI is InChI=1S/C11H16N4O2/c12-11-9(15(16)17)6-7-10(14-11)13-8-4-2-1-3-5-8/h6-8H,1-5H2,(H3,12,13,14). The largest absolute Gasteiger partial charge is 0.378 e. The molecule has 0 radical (unpaired) electrons. The van der Waals surface area contributed by atoms with Crippen molar-refractivity contribution in [2.24, 2.45) is 0 Å². The molecule has 0 atom stereocenters. The highest BCUT2D eigenvalue weighted by molar-refractivity contribution is 5.57. The number of nitrogens with zero attached hydrogens (tertiary/aromatic N) is 2. The summed E-state index contributed by atoms with van der Waals surface area (Å²) in [5.41, 5.74) is 5.40. The van der Waals surface area contributed by atoms with Crippen molar-refractivity contribution in [2.75, 3.05) is 11.1 Å². The summed E-state index contributed by atoms with van der Waals surface area (Å²) in [5.74, 6) is 0.593. The molecule has 0 bridgehead atoms. The summed E-state index contributed by atoms with van der Waals surface area (Å²) < 4.78 is 0. The van der Waals surface area contributed by atoms with Gasteiger partial charge in [0, 0.05) is 12.1 Å². The summed E-state index contributed by atoms with van der Waals surface area (Å²) in [7, 11) is 0. The zero-order valence-electron chi connectivity index (χ0n) is 9.56. The Kier molecular flexibility index (Phi) is 3.41. The minimum Gasteiger partial charge on any atom is -0.378 e. The smallest absolute Gasteiger partial charge is 0.311 e. The van der Waals surface area contributed by atoms with E-state index < -0.39 is 4.92 Å². The van der Waals surface area contributed by atoms with Crippen LogP contribution in [-0.2, 0) is 0 Å². The average Bonchev–Trinajstić information content (AvgIpc) is 2.30. The van der Waals surface area contributed by atoms with E-state index in [9.17, 15) is 10.1 Å². The summed E-state index contributed by atoms with van der Waals surface area (Å²) >= 11 is 0. The van der Waals surface area contributed by atoms with Crippen LogP contribution in [0.5, 0.6) is 0 Å². The SMILES string of the molecule is Nc1nc(NC2CCCCC2)ccc1[N+](=O)[O-]. The molecular formula is C11H16N4O2. The summed E-state index contributed by atoms with van der Waals surface area (Å²) in [6.45, 7) is 0. The van der Waals surface area contributed by atoms with Crippen molar-refractivity contribution >= 4 is 17.3 Å². The molecule has 92 valence electrons. The summed E-state index contributed by atoms with van der Waals surface area (Å²) in [4.78, 5) is 14.1. The highest BCUT2D eigenvalue weighted by atomic mass is 16.6. The number of hydrogen-bond donors (Lipinski definition) is 2. The number of pyridine rings is 1. The third-order valence-corrected chi connectivity index (χ3v) is 3.06. The molecule has 0 aliphatic heterocycles. The van der Waals surface area contributed by atoms with Crippen LogP contribution in [0.3, 0.4) is 0 Å². The quantitative estimate of drug-likeness (QED) is 0.620. The highest BCUT2D eigenvalue weighted by Crippen LogP contribution is 2.24. The van der Waals surface area contributed by atoms with E-state index in [0.29, 0.717) is 11.9 Å². The number of nitrogens with one attached hydrogen (secondary N) is 1. The molecule has 1 aromatic heterocycles. The molecule has 6 nitrogen and oxygen atoms in total. The first-order valence-corrected chi connectivity index (χ1v) is 5.84. The first kappa shape index (κ1) is 11.6. The van der Waals surface area contributed by atoms with Gasteiger partial charge in [0.05, 0.1) is 4.92 Å². The van der Waals surface area contributed by atoms with Gasteiger partial charge in [-0.3, -0.25) is 10.1 Å². The van der Waals surface area contributed by atoms with Gasteiger partial charge >= 0.3 is 5.69 Å². The van der Waals surface area contributed by atoms with E-state index in [-0.39, 0.29) is 11.5 Å². The molecule has 0 spiro atoms. The first-order valence-electron chi connectivity index (χ1n) is 5.84. The third kappa shape index (κ3) is 2.83. The normalized spacial score (nSPS) is 16.7. The van der Waals surface area contributed by atoms with Crippen LogP contribution in [0.1, 0.15) is 32.1 Å². The van der Waals surface area contributed by atoms with Gasteiger partial charge < -0.3 is 11.1 Å². The Balaban J connectivity index is 2.06. The molecule has 1 fully saturated rings. The number of rotatable bonds is 3. The van der Waals surface area contributed by atoms with E-state index in [4.69, 9.17) is 5.73 Å². The maximum atomic E-state index is 10.6. The van der Waals surface area contributed by atoms with Crippen molar-refractivity contribution in [1.29, 1.82) is 0 Å². The molecule has 1 heterocycles. The Morgan fingerprint density at radius 2 is 2.06 bits per heavy atom. The van der Waals surface area contributed by atoms with Crippen molar-refractivity contribution < 1.29 is 4.92 Å². The number of anilines is 2. The average molecular weight is 236 g/mol. The second kappa shape index (κ2) is 4.99. The van der Waals surface area contributed by atoms with Gasteiger partial charge in [-0.1, -0.05) is 19.3 Å². The molecule has 1 aliphatic rings. The van der Waals surface area contributed by atoms with Crippen molar-refractivity contribution in [2.45, 2.75) is 38.1 Å². The van der Waals surface area contributed by atoms with Gasteiger partial charge in [0.25, 0.3) is 0 Å². The summed E-state index contributed by atoms with van der Waals surface area (Å²) in [6.07, 6.45) is 5.98. The molecule has 2 rings (SSSR count). The van der Waals surface area contributed by atoms with Crippen LogP contribution in [-0.4, -0.2) is 15.9 Å². The van der Waals surface area contributed by atoms with Crippen molar-refractivity contribution in [3.63, 3.8) is 0 Å². The number of aromatic nitrogens is 1. The van der Waals surface area contributed by atoms with Crippen molar-refractivity contribution in [3.8, 4) is 0 Å². The van der Waals surface area contributed by atoms with E-state index in [1.54, 1.807) is 6.07 Å². The minimum absolute atomic E-state index is 0.0317. The third-order valence-electron chi connectivity index (χ3n) is 3.06. The van der Waals surface area contributed by atoms with Gasteiger partial charge in [0.15, 0.2) is 0 Å². The molecule has 17 heavy (non-hydrogen) atoms. The van der Waals surface area contributed by atoms with Gasteiger partial charge in [0.2, 0.25) is 5.82 Å². The van der Waals surface area contributed by atoms with Crippen LogP contribution < -0.4 is 11.1 Å². The van der Waals surface area contributed by atoms with Crippen LogP contribution in [0.4, 0.5) is 17.3 Å². The predicted octanol–water partition coefficient (Wildman–Crippen LogP) is 2.32. The van der Waals surface area contributed by atoms with Crippen LogP contribution in [0.2, 0.25) is 0 Å². The topological polar surface area (TPSA) is 94.1 Å². The van der Waals surface area contributed by atoms with E-state index in [0.717, 1.165) is 12.8 Å². The molecule has 6 heteroatoms. The van der Waals surface area contributed by atoms with Crippen molar-refractivity contribution in [3.05, 3.63) is 22.2 Å². The fraction of sp³-hybridized carbons (Fsp3) is 0.545. The molecular weight excluding hydrogens is 220 g/mol. The van der Waals surface area contributed by atoms with Crippen LogP contribution >= 0.6 is 0 Å². The second-order valence-electron chi connectivity index (χ2n) is 4.34. The Bertz CT molecular complexity index is 416. The first-order chi connectivity index (χ1) is 8.16. The van der Waals surface area contributed by atoms with Crippen molar-refractivity contribution in [1.82, 2.24) is 4.98 Å². The maximum Gasteiger partial charge on any atom is 0.311 e. The van der Waals surface area contributed by atoms with Gasteiger partial charge in [-0.2, -0.15) is 0 Å². The molecule has 0 amide bonds. The fourth-order valence-electron chi connectivity index (χ4n) is 2.16. The van der Waals surface area contributed by atoms with Gasteiger partial charge in [-0.05, 0) is 18.9 Å². The lowest BCUT2D eigenvalue weighted by atomic mass is 9.95. The number of nitro groups is 1. The molecule has 0 aromatic carbocycles. The monoisotopic (exact) mass is 236 g/mol.